The van der Waals surface area contributed by atoms with Gasteiger partial charge in [-0.3, -0.25) is 29.6 Å². The number of amides is 2. The fourth-order valence-corrected chi connectivity index (χ4v) is 7.05. The highest BCUT2D eigenvalue weighted by molar-refractivity contribution is 6.07. The number of carbonyl (C=O) groups excluding carboxylic acids is 2. The number of nitro benzene ring substituents is 1. The molecule has 7 rings (SSSR count). The summed E-state index contributed by atoms with van der Waals surface area (Å²) in [6.45, 7) is 1.88. The number of aliphatic hydroxyl groups excluding tert-OH is 1. The van der Waals surface area contributed by atoms with Gasteiger partial charge >= 0.3 is 0 Å². The number of hydrogen-bond donors (Lipinski definition) is 3. The van der Waals surface area contributed by atoms with Crippen molar-refractivity contribution >= 4 is 34.1 Å². The van der Waals surface area contributed by atoms with Gasteiger partial charge in [-0.1, -0.05) is 67.6 Å². The number of carbonyl (C=O) groups is 2. The highest BCUT2D eigenvalue weighted by atomic mass is 16.6. The Morgan fingerprint density at radius 2 is 1.76 bits per heavy atom. The molecule has 2 amide bonds. The number of benzene rings is 4. The van der Waals surface area contributed by atoms with Crippen LogP contribution in [0.2, 0.25) is 0 Å². The van der Waals surface area contributed by atoms with Crippen molar-refractivity contribution in [3.63, 3.8) is 0 Å². The minimum absolute atomic E-state index is 0.0232. The van der Waals surface area contributed by atoms with E-state index < -0.39 is 22.3 Å². The number of rotatable bonds is 9. The van der Waals surface area contributed by atoms with Gasteiger partial charge in [-0.25, -0.2) is 4.68 Å². The third-order valence-electron chi connectivity index (χ3n) is 9.85. The molecule has 3 atom stereocenters. The minimum atomic E-state index is -2.14. The number of nitro groups is 1. The van der Waals surface area contributed by atoms with Crippen LogP contribution in [0.4, 0.5) is 11.4 Å². The van der Waals surface area contributed by atoms with Gasteiger partial charge in [0.05, 0.1) is 46.4 Å². The summed E-state index contributed by atoms with van der Waals surface area (Å²) in [6.07, 6.45) is 3.70. The van der Waals surface area contributed by atoms with Gasteiger partial charge in [-0.15, -0.1) is 0 Å². The number of aromatic amines is 1. The van der Waals surface area contributed by atoms with Crippen molar-refractivity contribution in [1.82, 2.24) is 14.7 Å². The Bertz CT molecular complexity index is 2220. The molecule has 1 aromatic heterocycles. The number of nitrogens with zero attached hydrogens (tertiary/aromatic N) is 4. The monoisotopic (exact) mass is 673 g/mol. The molecular formula is C38H35N5O7. The summed E-state index contributed by atoms with van der Waals surface area (Å²) in [7, 11) is 0. The van der Waals surface area contributed by atoms with Gasteiger partial charge in [0, 0.05) is 36.6 Å². The molecule has 0 radical (unpaired) electrons. The van der Waals surface area contributed by atoms with Crippen LogP contribution in [0.25, 0.3) is 16.6 Å². The van der Waals surface area contributed by atoms with Crippen LogP contribution in [0.15, 0.2) is 108 Å². The molecule has 2 aliphatic heterocycles. The van der Waals surface area contributed by atoms with Crippen molar-refractivity contribution in [2.75, 3.05) is 11.5 Å². The summed E-state index contributed by atoms with van der Waals surface area (Å²) in [4.78, 5) is 54.5. The first-order chi connectivity index (χ1) is 24.1. The summed E-state index contributed by atoms with van der Waals surface area (Å²) in [6, 6.07) is 25.7. The van der Waals surface area contributed by atoms with Crippen molar-refractivity contribution in [1.29, 1.82) is 0 Å². The number of fused-ring (bicyclic) bond motifs is 3. The minimum Gasteiger partial charge on any atom is -0.394 e. The molecule has 12 heteroatoms. The standard InChI is InChI=1S/C38H35N5O7/c1-24(7-6-12-35(45)40-22-27-9-3-2-8-26(27)19-30(40)23-44)38(48)32-20-29(43(49)50)17-18-34(32)41(37(38)47)21-25-13-15-28(16-14-25)42-36(46)31-10-4-5-11-33(31)39-42/h2-11,13-18,20,24,30,39,44,48H,12,19,21-23H2,1H3/b7-6+/t24-,30+,38+/m1/s1. The Balaban J connectivity index is 1.12. The molecule has 4 aromatic carbocycles. The van der Waals surface area contributed by atoms with Gasteiger partial charge in [0.25, 0.3) is 17.2 Å². The predicted octanol–water partition coefficient (Wildman–Crippen LogP) is 4.49. The maximum Gasteiger partial charge on any atom is 0.279 e. The van der Waals surface area contributed by atoms with Crippen LogP contribution in [0, 0.1) is 16.0 Å². The molecule has 0 fully saturated rings. The topological polar surface area (TPSA) is 162 Å². The van der Waals surface area contributed by atoms with Crippen LogP contribution in [0.1, 0.15) is 35.6 Å². The lowest BCUT2D eigenvalue weighted by atomic mass is 9.82. The number of non-ortho nitro benzene ring substituents is 1. The number of para-hydroxylation sites is 1. The Hall–Kier alpha value is -5.85. The largest absolute Gasteiger partial charge is 0.394 e. The molecule has 12 nitrogen and oxygen atoms in total. The Labute approximate surface area is 286 Å². The van der Waals surface area contributed by atoms with E-state index in [0.717, 1.165) is 11.1 Å². The second kappa shape index (κ2) is 12.9. The van der Waals surface area contributed by atoms with Crippen LogP contribution < -0.4 is 10.5 Å². The van der Waals surface area contributed by atoms with Crippen molar-refractivity contribution in [3.8, 4) is 5.69 Å². The van der Waals surface area contributed by atoms with Gasteiger partial charge in [-0.05, 0) is 53.4 Å². The van der Waals surface area contributed by atoms with Crippen LogP contribution in [-0.2, 0) is 34.7 Å². The molecule has 50 heavy (non-hydrogen) atoms. The molecule has 5 aromatic rings. The highest BCUT2D eigenvalue weighted by Crippen LogP contribution is 2.47. The Morgan fingerprint density at radius 3 is 2.48 bits per heavy atom. The van der Waals surface area contributed by atoms with Gasteiger partial charge in [0.15, 0.2) is 5.60 Å². The van der Waals surface area contributed by atoms with E-state index in [2.05, 4.69) is 5.10 Å². The Morgan fingerprint density at radius 1 is 1.04 bits per heavy atom. The van der Waals surface area contributed by atoms with E-state index in [-0.39, 0.29) is 48.3 Å². The lowest BCUT2D eigenvalue weighted by Crippen LogP contribution is -2.46. The van der Waals surface area contributed by atoms with Crippen molar-refractivity contribution in [3.05, 3.63) is 146 Å². The van der Waals surface area contributed by atoms with E-state index in [1.165, 1.54) is 27.8 Å². The quantitative estimate of drug-likeness (QED) is 0.118. The zero-order chi connectivity index (χ0) is 35.2. The summed E-state index contributed by atoms with van der Waals surface area (Å²) < 4.78 is 1.44. The van der Waals surface area contributed by atoms with E-state index in [9.17, 15) is 34.7 Å². The van der Waals surface area contributed by atoms with E-state index in [0.29, 0.717) is 40.8 Å². The van der Waals surface area contributed by atoms with E-state index in [1.807, 2.05) is 36.4 Å². The molecule has 3 heterocycles. The zero-order valence-electron chi connectivity index (χ0n) is 27.2. The number of H-pyrrole nitrogens is 1. The van der Waals surface area contributed by atoms with E-state index in [4.69, 9.17) is 0 Å². The predicted molar refractivity (Wildman–Crippen MR) is 187 cm³/mol. The zero-order valence-corrected chi connectivity index (χ0v) is 27.2. The second-order valence-electron chi connectivity index (χ2n) is 12.8. The van der Waals surface area contributed by atoms with Crippen LogP contribution in [0.5, 0.6) is 0 Å². The fourth-order valence-electron chi connectivity index (χ4n) is 7.05. The molecule has 0 saturated carbocycles. The smallest absolute Gasteiger partial charge is 0.279 e. The number of aromatic nitrogens is 2. The van der Waals surface area contributed by atoms with Crippen LogP contribution in [-0.4, -0.2) is 54.3 Å². The van der Waals surface area contributed by atoms with Crippen LogP contribution in [0.3, 0.4) is 0 Å². The number of nitrogens with one attached hydrogen (secondary N) is 1. The normalized spacial score (nSPS) is 19.2. The van der Waals surface area contributed by atoms with Gasteiger partial charge < -0.3 is 20.0 Å². The van der Waals surface area contributed by atoms with Crippen molar-refractivity contribution in [2.45, 2.75) is 44.5 Å². The molecule has 0 aliphatic carbocycles. The molecule has 0 spiro atoms. The van der Waals surface area contributed by atoms with Gasteiger partial charge in [0.2, 0.25) is 5.91 Å². The molecule has 3 N–H and O–H groups in total. The summed E-state index contributed by atoms with van der Waals surface area (Å²) >= 11 is 0. The van der Waals surface area contributed by atoms with E-state index >= 15 is 0 Å². The molecule has 0 bridgehead atoms. The average Bonchev–Trinajstić information content (AvgIpc) is 3.58. The maximum absolute atomic E-state index is 14.1. The lowest BCUT2D eigenvalue weighted by Gasteiger charge is -2.36. The molecule has 2 aliphatic rings. The summed E-state index contributed by atoms with van der Waals surface area (Å²) in [5.41, 5.74) is 1.97. The van der Waals surface area contributed by atoms with Crippen molar-refractivity contribution < 1.29 is 24.7 Å². The summed E-state index contributed by atoms with van der Waals surface area (Å²) in [5.74, 6) is -1.72. The maximum atomic E-state index is 14.1. The third kappa shape index (κ3) is 5.57. The number of anilines is 1. The molecule has 0 saturated heterocycles. The van der Waals surface area contributed by atoms with Gasteiger partial charge in [0.1, 0.15) is 0 Å². The van der Waals surface area contributed by atoms with Gasteiger partial charge in [-0.2, -0.15) is 0 Å². The lowest BCUT2D eigenvalue weighted by molar-refractivity contribution is -0.385. The fraction of sp³-hybridized carbons (Fsp3) is 0.237. The number of aliphatic hydroxyl groups is 2. The molecule has 254 valence electrons. The van der Waals surface area contributed by atoms with Crippen LogP contribution >= 0.6 is 0 Å². The molecule has 0 unspecified atom stereocenters. The number of hydrogen-bond acceptors (Lipinski definition) is 7. The second-order valence-corrected chi connectivity index (χ2v) is 12.8. The Kier molecular flexibility index (Phi) is 8.42. The third-order valence-corrected chi connectivity index (χ3v) is 9.85. The average molecular weight is 674 g/mol. The first-order valence-electron chi connectivity index (χ1n) is 16.4. The highest BCUT2D eigenvalue weighted by Gasteiger charge is 2.53. The van der Waals surface area contributed by atoms with Crippen molar-refractivity contribution in [2.24, 2.45) is 5.92 Å². The first kappa shape index (κ1) is 32.7. The first-order valence-corrected chi connectivity index (χ1v) is 16.4. The summed E-state index contributed by atoms with van der Waals surface area (Å²) in [5, 5.41) is 37.5. The van der Waals surface area contributed by atoms with E-state index in [1.54, 1.807) is 60.4 Å². The SMILES string of the molecule is C[C@H](/C=C/CC(=O)N1Cc2ccccc2C[C@H]1CO)[C@@]1(O)C(=O)N(Cc2ccc(-n3[nH]c4ccccc4c3=O)cc2)c2ccc([N+](=O)[O-])cc21. The molecular weight excluding hydrogens is 638 g/mol.